The quantitative estimate of drug-likeness (QED) is 0.460. The summed E-state index contributed by atoms with van der Waals surface area (Å²) in [5, 5.41) is 9.66. The summed E-state index contributed by atoms with van der Waals surface area (Å²) in [4.78, 5) is 9.66. The monoisotopic (exact) mass is 111 g/mol. The molecule has 0 N–H and O–H groups in total. The van der Waals surface area contributed by atoms with Gasteiger partial charge in [-0.25, -0.2) is 9.90 Å². The topological polar surface area (TPSA) is 37.0 Å². The van der Waals surface area contributed by atoms with Gasteiger partial charge in [0.15, 0.2) is 0 Å². The number of carbonyl (C=O) groups is 1. The Bertz CT molecular complexity index is 127. The van der Waals surface area contributed by atoms with Gasteiger partial charge in [0.2, 0.25) is 0 Å². The molecule has 1 radical (unpaired) electrons. The zero-order valence-corrected chi connectivity index (χ0v) is 4.73. The largest absolute Gasteiger partial charge is 0.367 e. The van der Waals surface area contributed by atoms with Gasteiger partial charge in [0, 0.05) is 6.42 Å². The highest BCUT2D eigenvalue weighted by molar-refractivity contribution is 5.69. The van der Waals surface area contributed by atoms with Crippen molar-refractivity contribution < 1.29 is 9.90 Å². The molecule has 2 heteroatoms. The van der Waals surface area contributed by atoms with Gasteiger partial charge in [0.05, 0.1) is 0 Å². The maximum absolute atomic E-state index is 9.66. The van der Waals surface area contributed by atoms with E-state index >= 15 is 0 Å². The molecule has 0 spiro atoms. The van der Waals surface area contributed by atoms with Crippen molar-refractivity contribution in [1.29, 1.82) is 0 Å². The number of hydrogen-bond donors (Lipinski definition) is 0. The minimum absolute atomic E-state index is 0.145. The van der Waals surface area contributed by atoms with E-state index in [0.717, 1.165) is 0 Å². The molecule has 0 bridgehead atoms. The van der Waals surface area contributed by atoms with Crippen LogP contribution in [0.3, 0.4) is 0 Å². The van der Waals surface area contributed by atoms with E-state index in [4.69, 9.17) is 0 Å². The van der Waals surface area contributed by atoms with E-state index in [9.17, 15) is 9.90 Å². The average molecular weight is 111 g/mol. The Hall–Kier alpha value is -0.970. The summed E-state index contributed by atoms with van der Waals surface area (Å²) in [6, 6.07) is 0. The number of rotatable bonds is 1. The molecule has 8 heavy (non-hydrogen) atoms. The maximum atomic E-state index is 9.66. The summed E-state index contributed by atoms with van der Waals surface area (Å²) in [5.74, 6) is 3.93. The third-order valence-corrected chi connectivity index (χ3v) is 0.535. The average Bonchev–Trinajstić information content (AvgIpc) is 1.66. The molecule has 0 amide bonds. The lowest BCUT2D eigenvalue weighted by molar-refractivity contribution is -0.141. The lowest BCUT2D eigenvalue weighted by Gasteiger charge is -1.71. The molecule has 0 aromatic rings. The molecule has 0 saturated carbocycles. The van der Waals surface area contributed by atoms with E-state index < -0.39 is 5.97 Å². The smallest absolute Gasteiger partial charge is 0.246 e. The highest BCUT2D eigenvalue weighted by atomic mass is 16.4. The molecule has 0 saturated heterocycles. The van der Waals surface area contributed by atoms with Crippen molar-refractivity contribution in [2.75, 3.05) is 0 Å². The molecule has 0 aromatic carbocycles. The van der Waals surface area contributed by atoms with Crippen molar-refractivity contribution in [3.63, 3.8) is 0 Å². The molecule has 2 nitrogen and oxygen atoms in total. The molecular formula is C6H7O2. The van der Waals surface area contributed by atoms with Gasteiger partial charge in [-0.3, -0.25) is 0 Å². The zero-order chi connectivity index (χ0) is 6.41. The fourth-order valence-electron chi connectivity index (χ4n) is 0.260. The van der Waals surface area contributed by atoms with Crippen molar-refractivity contribution in [3.05, 3.63) is 0 Å². The maximum Gasteiger partial charge on any atom is 0.367 e. The van der Waals surface area contributed by atoms with Gasteiger partial charge >= 0.3 is 5.97 Å². The van der Waals surface area contributed by atoms with Gasteiger partial charge in [-0.15, -0.1) is 5.92 Å². The van der Waals surface area contributed by atoms with Crippen molar-refractivity contribution in [3.8, 4) is 11.8 Å². The molecule has 0 unspecified atom stereocenters. The van der Waals surface area contributed by atoms with Crippen molar-refractivity contribution >= 4 is 5.97 Å². The number of carbonyl (C=O) groups excluding carboxylic acids is 1. The lowest BCUT2D eigenvalue weighted by atomic mass is 10.4. The summed E-state index contributed by atoms with van der Waals surface area (Å²) in [5.41, 5.74) is 0. The second kappa shape index (κ2) is 4.20. The molecule has 0 heterocycles. The normalized spacial score (nSPS) is 7.12. The van der Waals surface area contributed by atoms with Crippen LogP contribution in [0.15, 0.2) is 0 Å². The van der Waals surface area contributed by atoms with Gasteiger partial charge in [0.1, 0.15) is 6.42 Å². The summed E-state index contributed by atoms with van der Waals surface area (Å²) in [7, 11) is 0. The molecule has 0 aliphatic rings. The van der Waals surface area contributed by atoms with Crippen molar-refractivity contribution in [2.24, 2.45) is 0 Å². The third kappa shape index (κ3) is 5.03. The molecule has 0 atom stereocenters. The number of hydrogen-bond acceptors (Lipinski definition) is 1. The molecule has 43 valence electrons. The summed E-state index contributed by atoms with van der Waals surface area (Å²) in [6.07, 6.45) is 0.557. The van der Waals surface area contributed by atoms with Crippen LogP contribution in [0.4, 0.5) is 0 Å². The molecule has 0 aliphatic heterocycles. The van der Waals surface area contributed by atoms with E-state index in [1.807, 2.05) is 6.92 Å². The van der Waals surface area contributed by atoms with Crippen LogP contribution in [0.1, 0.15) is 19.8 Å². The van der Waals surface area contributed by atoms with Gasteiger partial charge in [0.25, 0.3) is 0 Å². The minimum Gasteiger partial charge on any atom is -0.246 e. The molecule has 0 aliphatic carbocycles. The Labute approximate surface area is 48.5 Å². The standard InChI is InChI=1S/C6H7O2/c1-2-3-4-5-6(7)8/h2,5H2,1H3. The first-order valence-corrected chi connectivity index (χ1v) is 2.43. The van der Waals surface area contributed by atoms with Crippen LogP contribution in [0.5, 0.6) is 0 Å². The Kier molecular flexibility index (Phi) is 3.69. The van der Waals surface area contributed by atoms with E-state index in [0.29, 0.717) is 6.42 Å². The lowest BCUT2D eigenvalue weighted by Crippen LogP contribution is -1.87. The SMILES string of the molecule is CCC#CCC([O])=O. The summed E-state index contributed by atoms with van der Waals surface area (Å²) >= 11 is 0. The summed E-state index contributed by atoms with van der Waals surface area (Å²) in [6.45, 7) is 1.86. The van der Waals surface area contributed by atoms with Crippen LogP contribution in [0.25, 0.3) is 0 Å². The first-order valence-electron chi connectivity index (χ1n) is 2.43. The van der Waals surface area contributed by atoms with Crippen LogP contribution >= 0.6 is 0 Å². The van der Waals surface area contributed by atoms with Gasteiger partial charge in [-0.2, -0.15) is 0 Å². The van der Waals surface area contributed by atoms with Gasteiger partial charge in [-0.1, -0.05) is 12.8 Å². The molecule has 0 rings (SSSR count). The third-order valence-electron chi connectivity index (χ3n) is 0.535. The van der Waals surface area contributed by atoms with Gasteiger partial charge < -0.3 is 0 Å². The Balaban J connectivity index is 3.29. The predicted octanol–water partition coefficient (Wildman–Crippen LogP) is 0.747. The zero-order valence-electron chi connectivity index (χ0n) is 4.73. The molecule has 0 aromatic heterocycles. The first-order chi connectivity index (χ1) is 3.77. The predicted molar refractivity (Wildman–Crippen MR) is 28.4 cm³/mol. The van der Waals surface area contributed by atoms with Crippen molar-refractivity contribution in [2.45, 2.75) is 19.8 Å². The summed E-state index contributed by atoms with van der Waals surface area (Å²) < 4.78 is 0. The fraction of sp³-hybridized carbons (Fsp3) is 0.500. The van der Waals surface area contributed by atoms with Crippen LogP contribution in [-0.4, -0.2) is 5.97 Å². The van der Waals surface area contributed by atoms with Crippen LogP contribution in [-0.2, 0) is 9.90 Å². The molecule has 0 fully saturated rings. The van der Waals surface area contributed by atoms with E-state index in [-0.39, 0.29) is 6.42 Å². The van der Waals surface area contributed by atoms with E-state index in [1.165, 1.54) is 0 Å². The van der Waals surface area contributed by atoms with Crippen LogP contribution in [0, 0.1) is 11.8 Å². The first kappa shape index (κ1) is 7.03. The Morgan fingerprint density at radius 3 is 2.50 bits per heavy atom. The van der Waals surface area contributed by atoms with E-state index in [1.54, 1.807) is 0 Å². The second-order valence-corrected chi connectivity index (χ2v) is 1.26. The highest BCUT2D eigenvalue weighted by Crippen LogP contribution is 1.75. The van der Waals surface area contributed by atoms with Crippen LogP contribution < -0.4 is 0 Å². The van der Waals surface area contributed by atoms with Crippen molar-refractivity contribution in [1.82, 2.24) is 0 Å². The fourth-order valence-corrected chi connectivity index (χ4v) is 0.260. The minimum atomic E-state index is -1.11. The molecular weight excluding hydrogens is 104 g/mol. The van der Waals surface area contributed by atoms with Gasteiger partial charge in [-0.05, 0) is 0 Å². The Morgan fingerprint density at radius 2 is 2.12 bits per heavy atom. The second-order valence-electron chi connectivity index (χ2n) is 1.26. The Morgan fingerprint density at radius 1 is 1.50 bits per heavy atom. The van der Waals surface area contributed by atoms with Crippen LogP contribution in [0.2, 0.25) is 0 Å². The van der Waals surface area contributed by atoms with E-state index in [2.05, 4.69) is 11.8 Å². The highest BCUT2D eigenvalue weighted by Gasteiger charge is 1.90.